The van der Waals surface area contributed by atoms with Crippen molar-refractivity contribution in [1.82, 2.24) is 14.9 Å². The van der Waals surface area contributed by atoms with Gasteiger partial charge in [-0.3, -0.25) is 4.79 Å². The van der Waals surface area contributed by atoms with E-state index in [0.29, 0.717) is 12.0 Å². The van der Waals surface area contributed by atoms with E-state index in [1.165, 1.54) is 4.90 Å². The van der Waals surface area contributed by atoms with E-state index in [4.69, 9.17) is 5.73 Å². The Kier molecular flexibility index (Phi) is 6.14. The van der Waals surface area contributed by atoms with Gasteiger partial charge >= 0.3 is 6.18 Å². The molecule has 1 aliphatic rings. The summed E-state index contributed by atoms with van der Waals surface area (Å²) in [5.74, 6) is -2.86. The van der Waals surface area contributed by atoms with Crippen LogP contribution in [0, 0.1) is 11.6 Å². The Balaban J connectivity index is 1.65. The predicted octanol–water partition coefficient (Wildman–Crippen LogP) is 2.12. The topological polar surface area (TPSA) is 72.1 Å². The number of fused-ring (bicyclic) bond motifs is 1. The maximum absolute atomic E-state index is 13.9. The maximum Gasteiger partial charge on any atom is 0.451 e. The number of aromatic nitrogens is 2. The maximum atomic E-state index is 13.9. The molecule has 11 heteroatoms. The van der Waals surface area contributed by atoms with Crippen LogP contribution in [0.3, 0.4) is 0 Å². The molecule has 0 spiro atoms. The molecule has 5 nitrogen and oxygen atoms in total. The summed E-state index contributed by atoms with van der Waals surface area (Å²) in [6, 6.07) is 1.29. The van der Waals surface area contributed by atoms with Crippen LogP contribution in [0.5, 0.6) is 0 Å². The van der Waals surface area contributed by atoms with Crippen molar-refractivity contribution >= 4 is 20.5 Å². The first-order valence-electron chi connectivity index (χ1n) is 8.73. The highest BCUT2D eigenvalue weighted by Crippen LogP contribution is 2.28. The zero-order chi connectivity index (χ0) is 21.3. The van der Waals surface area contributed by atoms with Gasteiger partial charge in [0, 0.05) is 30.5 Å². The van der Waals surface area contributed by atoms with Gasteiger partial charge in [-0.25, -0.2) is 18.7 Å². The molecular weight excluding hydrogens is 414 g/mol. The molecule has 1 aromatic heterocycles. The molecule has 0 bridgehead atoms. The molecule has 0 fully saturated rings. The average molecular weight is 432 g/mol. The number of benzene rings is 1. The summed E-state index contributed by atoms with van der Waals surface area (Å²) < 4.78 is 66.0. The number of hydrogen-bond donors (Lipinski definition) is 1. The van der Waals surface area contributed by atoms with Crippen molar-refractivity contribution in [3.05, 3.63) is 52.6 Å². The van der Waals surface area contributed by atoms with Gasteiger partial charge in [0.05, 0.1) is 12.2 Å². The summed E-state index contributed by atoms with van der Waals surface area (Å²) in [6.45, 7) is 0.204. The minimum atomic E-state index is -4.67. The Bertz CT molecular complexity index is 937. The largest absolute Gasteiger partial charge is 0.451 e. The third-order valence-corrected chi connectivity index (χ3v) is 5.08. The molecule has 29 heavy (non-hydrogen) atoms. The highest BCUT2D eigenvalue weighted by atomic mass is 31.0. The van der Waals surface area contributed by atoms with Gasteiger partial charge in [-0.2, -0.15) is 13.2 Å². The average Bonchev–Trinajstić information content (AvgIpc) is 2.64. The number of rotatable bonds is 4. The molecule has 2 aromatic rings. The van der Waals surface area contributed by atoms with Crippen molar-refractivity contribution < 1.29 is 26.7 Å². The first-order valence-corrected chi connectivity index (χ1v) is 9.31. The number of carbonyl (C=O) groups excluding carboxylic acids is 1. The Morgan fingerprint density at radius 3 is 2.69 bits per heavy atom. The molecule has 2 N–H and O–H groups in total. The summed E-state index contributed by atoms with van der Waals surface area (Å²) in [5.41, 5.74) is 6.69. The molecular formula is C18H18F5N4OP. The lowest BCUT2D eigenvalue weighted by Gasteiger charge is -2.29. The van der Waals surface area contributed by atoms with Crippen LogP contribution in [0.2, 0.25) is 0 Å². The van der Waals surface area contributed by atoms with E-state index in [0.717, 1.165) is 18.3 Å². The van der Waals surface area contributed by atoms with E-state index in [2.05, 4.69) is 19.2 Å². The zero-order valence-electron chi connectivity index (χ0n) is 15.1. The SMILES string of the molecule is N[C@@H](CC(=O)N1CCc2cnc(C(F)(F)F)nc2C1)Cc1cc(F)c(P)cc1F. The van der Waals surface area contributed by atoms with Crippen molar-refractivity contribution in [1.29, 1.82) is 0 Å². The van der Waals surface area contributed by atoms with Crippen molar-refractivity contribution in [2.45, 2.75) is 38.0 Å². The minimum Gasteiger partial charge on any atom is -0.336 e. The van der Waals surface area contributed by atoms with Crippen LogP contribution >= 0.6 is 9.24 Å². The van der Waals surface area contributed by atoms with Gasteiger partial charge in [0.15, 0.2) is 0 Å². The molecule has 0 aliphatic carbocycles. The van der Waals surface area contributed by atoms with Gasteiger partial charge in [-0.05, 0) is 36.1 Å². The lowest BCUT2D eigenvalue weighted by molar-refractivity contribution is -0.145. The Labute approximate surface area is 165 Å². The molecule has 1 amide bonds. The van der Waals surface area contributed by atoms with Crippen LogP contribution in [0.1, 0.15) is 29.1 Å². The number of halogens is 5. The van der Waals surface area contributed by atoms with E-state index in [9.17, 15) is 26.7 Å². The summed E-state index contributed by atoms with van der Waals surface area (Å²) in [4.78, 5) is 20.7. The molecule has 3 rings (SSSR count). The standard InChI is InChI=1S/C18H18F5N4OP/c19-12-6-15(29)13(20)4-10(12)3-11(24)5-16(28)27-2-1-9-7-25-17(18(21,22)23)26-14(9)8-27/h4,6-7,11H,1-3,5,8,24,29H2/t11-/m1/s1. The van der Waals surface area contributed by atoms with Gasteiger partial charge in [-0.1, -0.05) is 0 Å². The summed E-state index contributed by atoms with van der Waals surface area (Å²) in [7, 11) is 2.08. The second kappa shape index (κ2) is 8.28. The van der Waals surface area contributed by atoms with E-state index >= 15 is 0 Å². The van der Waals surface area contributed by atoms with Gasteiger partial charge in [-0.15, -0.1) is 9.24 Å². The fraction of sp³-hybridized carbons (Fsp3) is 0.389. The number of carbonyl (C=O) groups is 1. The number of nitrogens with zero attached hydrogens (tertiary/aromatic N) is 3. The van der Waals surface area contributed by atoms with E-state index in [-0.39, 0.29) is 48.4 Å². The monoisotopic (exact) mass is 432 g/mol. The Morgan fingerprint density at radius 1 is 1.28 bits per heavy atom. The van der Waals surface area contributed by atoms with Crippen molar-refractivity contribution in [3.8, 4) is 0 Å². The summed E-state index contributed by atoms with van der Waals surface area (Å²) >= 11 is 0. The molecule has 0 saturated carbocycles. The van der Waals surface area contributed by atoms with E-state index in [1.807, 2.05) is 0 Å². The first kappa shape index (κ1) is 21.5. The van der Waals surface area contributed by atoms with Crippen LogP contribution in [0.25, 0.3) is 0 Å². The van der Waals surface area contributed by atoms with Gasteiger partial charge in [0.25, 0.3) is 0 Å². The number of alkyl halides is 3. The molecule has 2 atom stereocenters. The second-order valence-corrected chi connectivity index (χ2v) is 7.48. The number of hydrogen-bond acceptors (Lipinski definition) is 4. The van der Waals surface area contributed by atoms with Crippen molar-refractivity contribution in [2.24, 2.45) is 5.73 Å². The van der Waals surface area contributed by atoms with E-state index < -0.39 is 29.7 Å². The van der Waals surface area contributed by atoms with Crippen LogP contribution in [-0.2, 0) is 30.4 Å². The van der Waals surface area contributed by atoms with Crippen LogP contribution in [0.4, 0.5) is 22.0 Å². The summed E-state index contributed by atoms with van der Waals surface area (Å²) in [6.07, 6.45) is -3.42. The molecule has 1 aliphatic heterocycles. The third kappa shape index (κ3) is 5.05. The fourth-order valence-corrected chi connectivity index (χ4v) is 3.35. The second-order valence-electron chi connectivity index (χ2n) is 6.86. The van der Waals surface area contributed by atoms with Crippen molar-refractivity contribution in [3.63, 3.8) is 0 Å². The van der Waals surface area contributed by atoms with Crippen LogP contribution in [-0.4, -0.2) is 33.4 Å². The molecule has 0 saturated heterocycles. The molecule has 156 valence electrons. The zero-order valence-corrected chi connectivity index (χ0v) is 16.3. The van der Waals surface area contributed by atoms with Crippen LogP contribution in [0.15, 0.2) is 18.3 Å². The van der Waals surface area contributed by atoms with Gasteiger partial charge in [0.2, 0.25) is 11.7 Å². The lowest BCUT2D eigenvalue weighted by Crippen LogP contribution is -2.40. The summed E-state index contributed by atoms with van der Waals surface area (Å²) in [5, 5.41) is 0.0862. The Morgan fingerprint density at radius 2 is 2.00 bits per heavy atom. The Hall–Kier alpha value is -2.19. The normalized spacial score (nSPS) is 15.2. The predicted molar refractivity (Wildman–Crippen MR) is 98.2 cm³/mol. The number of nitrogens with two attached hydrogens (primary N) is 1. The van der Waals surface area contributed by atoms with Gasteiger partial charge in [0.1, 0.15) is 11.6 Å². The first-order chi connectivity index (χ1) is 13.5. The molecule has 1 aromatic carbocycles. The molecule has 1 unspecified atom stereocenters. The third-order valence-electron chi connectivity index (χ3n) is 4.64. The fourth-order valence-electron chi connectivity index (χ4n) is 3.12. The number of amides is 1. The van der Waals surface area contributed by atoms with Crippen LogP contribution < -0.4 is 11.0 Å². The van der Waals surface area contributed by atoms with Crippen molar-refractivity contribution in [2.75, 3.05) is 6.54 Å². The minimum absolute atomic E-state index is 0.0513. The quantitative estimate of drug-likeness (QED) is 0.594. The molecule has 0 radical (unpaired) electrons. The van der Waals surface area contributed by atoms with Gasteiger partial charge < -0.3 is 10.6 Å². The lowest BCUT2D eigenvalue weighted by atomic mass is 10.0. The smallest absolute Gasteiger partial charge is 0.336 e. The highest BCUT2D eigenvalue weighted by molar-refractivity contribution is 7.27. The highest BCUT2D eigenvalue weighted by Gasteiger charge is 2.36. The molecule has 2 heterocycles. The van der Waals surface area contributed by atoms with E-state index in [1.54, 1.807) is 0 Å².